The SMILES string of the molecule is COc1ccc(-n2nc(C(F)(F)F)c3c2C(=O)N(c2ccc(C(=O)N(C)C)cc2)CC3)c(C(=O)NCc2ccco2)c1. The third-order valence-electron chi connectivity index (χ3n) is 6.80. The van der Waals surface area contributed by atoms with Gasteiger partial charge in [-0.3, -0.25) is 14.4 Å². The zero-order valence-corrected chi connectivity index (χ0v) is 22.9. The number of furan rings is 1. The van der Waals surface area contributed by atoms with E-state index in [2.05, 4.69) is 10.4 Å². The van der Waals surface area contributed by atoms with Crippen molar-refractivity contribution in [1.29, 1.82) is 0 Å². The molecule has 4 aromatic rings. The van der Waals surface area contributed by atoms with E-state index in [0.717, 1.165) is 4.68 Å². The second-order valence-corrected chi connectivity index (χ2v) is 9.68. The lowest BCUT2D eigenvalue weighted by atomic mass is 10.0. The topological polar surface area (TPSA) is 110 Å². The summed E-state index contributed by atoms with van der Waals surface area (Å²) in [7, 11) is 4.60. The van der Waals surface area contributed by atoms with Gasteiger partial charge in [0.05, 0.1) is 31.2 Å². The van der Waals surface area contributed by atoms with Gasteiger partial charge in [0.15, 0.2) is 5.69 Å². The van der Waals surface area contributed by atoms with E-state index in [0.29, 0.717) is 17.0 Å². The first-order chi connectivity index (χ1) is 20.0. The Morgan fingerprint density at radius 1 is 1.12 bits per heavy atom. The van der Waals surface area contributed by atoms with Crippen molar-refractivity contribution in [2.45, 2.75) is 19.1 Å². The number of carbonyl (C=O) groups excluding carboxylic acids is 3. The third kappa shape index (κ3) is 5.32. The molecule has 3 heterocycles. The molecular formula is C29H26F3N5O5. The van der Waals surface area contributed by atoms with E-state index >= 15 is 0 Å². The summed E-state index contributed by atoms with van der Waals surface area (Å²) in [4.78, 5) is 42.1. The maximum absolute atomic E-state index is 14.1. The van der Waals surface area contributed by atoms with Crippen LogP contribution >= 0.6 is 0 Å². The molecule has 0 spiro atoms. The Balaban J connectivity index is 1.58. The van der Waals surface area contributed by atoms with Crippen molar-refractivity contribution < 1.29 is 36.7 Å². The summed E-state index contributed by atoms with van der Waals surface area (Å²) in [6.45, 7) is -0.0206. The number of methoxy groups -OCH3 is 1. The van der Waals surface area contributed by atoms with Gasteiger partial charge in [-0.15, -0.1) is 0 Å². The molecule has 2 aromatic carbocycles. The number of aromatic nitrogens is 2. The average Bonchev–Trinajstić information content (AvgIpc) is 3.64. The molecule has 0 radical (unpaired) electrons. The summed E-state index contributed by atoms with van der Waals surface area (Å²) in [5, 5.41) is 6.50. The summed E-state index contributed by atoms with van der Waals surface area (Å²) in [6.07, 6.45) is -3.54. The van der Waals surface area contributed by atoms with Gasteiger partial charge in [0.25, 0.3) is 17.7 Å². The molecule has 1 aliphatic rings. The van der Waals surface area contributed by atoms with Gasteiger partial charge in [-0.25, -0.2) is 4.68 Å². The van der Waals surface area contributed by atoms with Crippen LogP contribution in [0.3, 0.4) is 0 Å². The summed E-state index contributed by atoms with van der Waals surface area (Å²) >= 11 is 0. The number of hydrogen-bond acceptors (Lipinski definition) is 6. The number of halogens is 3. The van der Waals surface area contributed by atoms with Crippen molar-refractivity contribution in [3.05, 3.63) is 94.7 Å². The molecule has 0 atom stereocenters. The Labute approximate surface area is 238 Å². The minimum atomic E-state index is -4.85. The minimum Gasteiger partial charge on any atom is -0.497 e. The second-order valence-electron chi connectivity index (χ2n) is 9.68. The molecule has 0 bridgehead atoms. The van der Waals surface area contributed by atoms with Crippen LogP contribution in [0.15, 0.2) is 65.3 Å². The molecule has 0 unspecified atom stereocenters. The third-order valence-corrected chi connectivity index (χ3v) is 6.80. The molecule has 2 aromatic heterocycles. The first-order valence-electron chi connectivity index (χ1n) is 12.8. The summed E-state index contributed by atoms with van der Waals surface area (Å²) < 4.78 is 53.8. The van der Waals surface area contributed by atoms with E-state index in [-0.39, 0.29) is 53.7 Å². The summed E-state index contributed by atoms with van der Waals surface area (Å²) in [5.74, 6) is -0.867. The van der Waals surface area contributed by atoms with Crippen molar-refractivity contribution >= 4 is 23.4 Å². The molecule has 3 amide bonds. The Morgan fingerprint density at radius 2 is 1.86 bits per heavy atom. The van der Waals surface area contributed by atoms with Gasteiger partial charge >= 0.3 is 6.18 Å². The number of fused-ring (bicyclic) bond motifs is 1. The van der Waals surface area contributed by atoms with Gasteiger partial charge in [-0.2, -0.15) is 18.3 Å². The maximum atomic E-state index is 14.1. The van der Waals surface area contributed by atoms with E-state index in [4.69, 9.17) is 9.15 Å². The highest BCUT2D eigenvalue weighted by atomic mass is 19.4. The van der Waals surface area contributed by atoms with Crippen molar-refractivity contribution in [2.24, 2.45) is 0 Å². The smallest absolute Gasteiger partial charge is 0.435 e. The second kappa shape index (κ2) is 11.1. The fourth-order valence-corrected chi connectivity index (χ4v) is 4.73. The molecule has 0 fully saturated rings. The molecule has 10 nitrogen and oxygen atoms in total. The number of alkyl halides is 3. The van der Waals surface area contributed by atoms with E-state index in [1.54, 1.807) is 50.5 Å². The molecule has 13 heteroatoms. The number of carbonyl (C=O) groups is 3. The highest BCUT2D eigenvalue weighted by Gasteiger charge is 2.43. The molecule has 1 N–H and O–H groups in total. The zero-order chi connectivity index (χ0) is 30.2. The number of rotatable bonds is 7. The first kappa shape index (κ1) is 28.5. The van der Waals surface area contributed by atoms with Crippen molar-refractivity contribution in [1.82, 2.24) is 20.0 Å². The van der Waals surface area contributed by atoms with Gasteiger partial charge < -0.3 is 24.3 Å². The summed E-state index contributed by atoms with van der Waals surface area (Å²) in [6, 6.07) is 13.7. The highest BCUT2D eigenvalue weighted by molar-refractivity contribution is 6.08. The quantitative estimate of drug-likeness (QED) is 0.348. The molecule has 0 aliphatic carbocycles. The predicted molar refractivity (Wildman–Crippen MR) is 145 cm³/mol. The van der Waals surface area contributed by atoms with Crippen molar-refractivity contribution in [3.8, 4) is 11.4 Å². The van der Waals surface area contributed by atoms with Crippen LogP contribution in [0.1, 0.15) is 48.2 Å². The van der Waals surface area contributed by atoms with Gasteiger partial charge in [-0.1, -0.05) is 0 Å². The van der Waals surface area contributed by atoms with Crippen molar-refractivity contribution in [2.75, 3.05) is 32.6 Å². The number of hydrogen-bond donors (Lipinski definition) is 1. The lowest BCUT2D eigenvalue weighted by Crippen LogP contribution is -2.39. The molecule has 5 rings (SSSR count). The van der Waals surface area contributed by atoms with Gasteiger partial charge in [-0.05, 0) is 61.0 Å². The molecule has 0 saturated carbocycles. The van der Waals surface area contributed by atoms with Crippen LogP contribution in [0.25, 0.3) is 5.69 Å². The van der Waals surface area contributed by atoms with Gasteiger partial charge in [0, 0.05) is 37.5 Å². The van der Waals surface area contributed by atoms with Crippen molar-refractivity contribution in [3.63, 3.8) is 0 Å². The number of anilines is 1. The molecule has 218 valence electrons. The van der Waals surface area contributed by atoms with E-state index < -0.39 is 23.7 Å². The number of amides is 3. The fraction of sp³-hybridized carbons (Fsp3) is 0.241. The Bertz CT molecular complexity index is 1640. The number of nitrogens with zero attached hydrogens (tertiary/aromatic N) is 4. The largest absolute Gasteiger partial charge is 0.497 e. The standard InChI is InChI=1S/C29H26F3N5O5/c1-35(2)27(39)17-6-8-18(9-7-17)36-13-12-21-24(28(36)40)37(34-25(21)29(30,31)32)23-11-10-19(41-3)15-22(23)26(38)33-16-20-5-4-14-42-20/h4-11,14-15H,12-13,16H2,1-3H3,(H,33,38). The van der Waals surface area contributed by atoms with Crippen LogP contribution in [0.2, 0.25) is 0 Å². The van der Waals surface area contributed by atoms with Crippen LogP contribution in [-0.2, 0) is 19.1 Å². The molecule has 42 heavy (non-hydrogen) atoms. The highest BCUT2D eigenvalue weighted by Crippen LogP contribution is 2.38. The number of nitrogens with one attached hydrogen (secondary N) is 1. The van der Waals surface area contributed by atoms with E-state index in [1.807, 2.05) is 0 Å². The van der Waals surface area contributed by atoms with Crippen LogP contribution in [0.4, 0.5) is 18.9 Å². The first-order valence-corrected chi connectivity index (χ1v) is 12.8. The number of ether oxygens (including phenoxy) is 1. The summed E-state index contributed by atoms with van der Waals surface area (Å²) in [5.41, 5.74) is -1.09. The van der Waals surface area contributed by atoms with Crippen LogP contribution < -0.4 is 15.0 Å². The molecule has 0 saturated heterocycles. The molecular weight excluding hydrogens is 555 g/mol. The Kier molecular flexibility index (Phi) is 7.50. The normalized spacial score (nSPS) is 13.1. The lowest BCUT2D eigenvalue weighted by Gasteiger charge is -2.28. The van der Waals surface area contributed by atoms with Crippen LogP contribution in [-0.4, -0.2) is 60.2 Å². The predicted octanol–water partition coefficient (Wildman–Crippen LogP) is 4.33. The average molecular weight is 582 g/mol. The molecule has 1 aliphatic heterocycles. The zero-order valence-electron chi connectivity index (χ0n) is 22.9. The minimum absolute atomic E-state index is 0.0204. The van der Waals surface area contributed by atoms with Crippen LogP contribution in [0, 0.1) is 0 Å². The Hall–Kier alpha value is -5.07. The van der Waals surface area contributed by atoms with Crippen LogP contribution in [0.5, 0.6) is 5.75 Å². The lowest BCUT2D eigenvalue weighted by molar-refractivity contribution is -0.141. The van der Waals surface area contributed by atoms with E-state index in [1.165, 1.54) is 41.4 Å². The monoisotopic (exact) mass is 581 g/mol. The maximum Gasteiger partial charge on any atom is 0.435 e. The Morgan fingerprint density at radius 3 is 2.48 bits per heavy atom. The number of benzene rings is 2. The van der Waals surface area contributed by atoms with E-state index in [9.17, 15) is 27.6 Å². The van der Waals surface area contributed by atoms with Gasteiger partial charge in [0.1, 0.15) is 17.2 Å². The van der Waals surface area contributed by atoms with Gasteiger partial charge in [0.2, 0.25) is 0 Å². The fourth-order valence-electron chi connectivity index (χ4n) is 4.73.